The van der Waals surface area contributed by atoms with Crippen LogP contribution in [0.3, 0.4) is 0 Å². The van der Waals surface area contributed by atoms with E-state index in [1.165, 1.54) is 0 Å². The van der Waals surface area contributed by atoms with Crippen molar-refractivity contribution in [1.82, 2.24) is 5.32 Å². The topological polar surface area (TPSA) is 119 Å². The van der Waals surface area contributed by atoms with Gasteiger partial charge in [-0.25, -0.2) is 0 Å². The molecule has 0 spiro atoms. The number of aliphatic hydroxyl groups excluding tert-OH is 4. The van der Waals surface area contributed by atoms with Gasteiger partial charge in [-0.2, -0.15) is 0 Å². The molecule has 0 aromatic rings. The monoisotopic (exact) mass is 278 g/mol. The summed E-state index contributed by atoms with van der Waals surface area (Å²) < 4.78 is 0. The van der Waals surface area contributed by atoms with E-state index in [0.29, 0.717) is 6.54 Å². The first-order valence-electron chi connectivity index (χ1n) is 7.14. The lowest BCUT2D eigenvalue weighted by Gasteiger charge is -2.21. The van der Waals surface area contributed by atoms with Gasteiger partial charge in [-0.3, -0.25) is 0 Å². The molecule has 0 heterocycles. The maximum Gasteiger partial charge on any atom is 0.0689 e. The highest BCUT2D eigenvalue weighted by molar-refractivity contribution is 4.72. The van der Waals surface area contributed by atoms with E-state index in [1.54, 1.807) is 0 Å². The van der Waals surface area contributed by atoms with Crippen LogP contribution >= 0.6 is 0 Å². The van der Waals surface area contributed by atoms with Gasteiger partial charge >= 0.3 is 0 Å². The van der Waals surface area contributed by atoms with Crippen molar-refractivity contribution in [1.29, 1.82) is 0 Å². The number of hydrogen-bond acceptors (Lipinski definition) is 6. The number of nitrogens with two attached hydrogens (primary N) is 1. The van der Waals surface area contributed by atoms with Crippen LogP contribution < -0.4 is 11.1 Å². The zero-order valence-electron chi connectivity index (χ0n) is 11.7. The molecule has 0 saturated carbocycles. The minimum atomic E-state index is -0.878. The average molecular weight is 278 g/mol. The average Bonchev–Trinajstić information content (AvgIpc) is 2.39. The second-order valence-electron chi connectivity index (χ2n) is 4.99. The standard InChI is InChI=1S/C13H30N2O4/c14-5-3-1-2-4-6-15-8-12(18)7-13(19)11(9-16)10-17/h11-13,15-19H,1-10,14H2. The number of aliphatic hydroxyl groups is 4. The quantitative estimate of drug-likeness (QED) is 0.236. The third kappa shape index (κ3) is 10.2. The van der Waals surface area contributed by atoms with E-state index in [2.05, 4.69) is 5.32 Å². The second kappa shape index (κ2) is 12.8. The number of nitrogens with one attached hydrogen (secondary N) is 1. The molecule has 2 atom stereocenters. The van der Waals surface area contributed by atoms with Gasteiger partial charge < -0.3 is 31.5 Å². The van der Waals surface area contributed by atoms with Crippen molar-refractivity contribution in [2.24, 2.45) is 11.7 Å². The highest BCUT2D eigenvalue weighted by atomic mass is 16.3. The van der Waals surface area contributed by atoms with E-state index in [9.17, 15) is 10.2 Å². The van der Waals surface area contributed by atoms with Gasteiger partial charge in [0.1, 0.15) is 0 Å². The number of unbranched alkanes of at least 4 members (excludes halogenated alkanes) is 3. The molecule has 7 N–H and O–H groups in total. The summed E-state index contributed by atoms with van der Waals surface area (Å²) in [4.78, 5) is 0. The highest BCUT2D eigenvalue weighted by Gasteiger charge is 2.20. The van der Waals surface area contributed by atoms with Gasteiger partial charge in [0.25, 0.3) is 0 Å². The first-order chi connectivity index (χ1) is 9.15. The Bertz CT molecular complexity index is 191. The van der Waals surface area contributed by atoms with E-state index >= 15 is 0 Å². The molecule has 0 rings (SSSR count). The van der Waals surface area contributed by atoms with Gasteiger partial charge in [0.05, 0.1) is 25.4 Å². The van der Waals surface area contributed by atoms with E-state index in [0.717, 1.165) is 38.8 Å². The summed E-state index contributed by atoms with van der Waals surface area (Å²) in [6, 6.07) is 0. The van der Waals surface area contributed by atoms with Gasteiger partial charge in [-0.15, -0.1) is 0 Å². The predicted molar refractivity (Wildman–Crippen MR) is 74.7 cm³/mol. The zero-order valence-corrected chi connectivity index (χ0v) is 11.7. The van der Waals surface area contributed by atoms with Crippen LogP contribution in [0.15, 0.2) is 0 Å². The molecule has 0 aromatic heterocycles. The summed E-state index contributed by atoms with van der Waals surface area (Å²) in [7, 11) is 0. The van der Waals surface area contributed by atoms with Crippen molar-refractivity contribution in [3.63, 3.8) is 0 Å². The van der Waals surface area contributed by atoms with Gasteiger partial charge in [-0.05, 0) is 25.9 Å². The number of hydrogen-bond donors (Lipinski definition) is 6. The Morgan fingerprint density at radius 1 is 0.947 bits per heavy atom. The van der Waals surface area contributed by atoms with Crippen molar-refractivity contribution < 1.29 is 20.4 Å². The molecule has 6 nitrogen and oxygen atoms in total. The van der Waals surface area contributed by atoms with Crippen LogP contribution in [0.1, 0.15) is 32.1 Å². The minimum absolute atomic E-state index is 0.159. The molecule has 0 aromatic carbocycles. The van der Waals surface area contributed by atoms with E-state index in [1.807, 2.05) is 0 Å². The first-order valence-corrected chi connectivity index (χ1v) is 7.14. The van der Waals surface area contributed by atoms with Crippen LogP contribution in [0.25, 0.3) is 0 Å². The number of rotatable bonds is 13. The molecule has 0 amide bonds. The fourth-order valence-electron chi connectivity index (χ4n) is 1.87. The summed E-state index contributed by atoms with van der Waals surface area (Å²) in [5.41, 5.74) is 5.39. The molecule has 0 fully saturated rings. The summed E-state index contributed by atoms with van der Waals surface area (Å²) in [6.45, 7) is 1.43. The fourth-order valence-corrected chi connectivity index (χ4v) is 1.87. The summed E-state index contributed by atoms with van der Waals surface area (Å²) in [5, 5.41) is 40.3. The molecule has 6 heteroatoms. The lowest BCUT2D eigenvalue weighted by atomic mass is 9.99. The summed E-state index contributed by atoms with van der Waals surface area (Å²) >= 11 is 0. The van der Waals surface area contributed by atoms with Gasteiger partial charge in [0.2, 0.25) is 0 Å². The smallest absolute Gasteiger partial charge is 0.0689 e. The zero-order chi connectivity index (χ0) is 14.5. The first kappa shape index (κ1) is 18.8. The van der Waals surface area contributed by atoms with Crippen molar-refractivity contribution >= 4 is 0 Å². The van der Waals surface area contributed by atoms with Crippen molar-refractivity contribution in [2.75, 3.05) is 32.8 Å². The van der Waals surface area contributed by atoms with Gasteiger partial charge in [-0.1, -0.05) is 12.8 Å². The summed E-state index contributed by atoms with van der Waals surface area (Å²) in [6.07, 6.45) is 2.97. The highest BCUT2D eigenvalue weighted by Crippen LogP contribution is 2.09. The fraction of sp³-hybridized carbons (Fsp3) is 1.00. The van der Waals surface area contributed by atoms with Crippen molar-refractivity contribution in [3.8, 4) is 0 Å². The third-order valence-corrected chi connectivity index (χ3v) is 3.21. The molecule has 0 radical (unpaired) electrons. The van der Waals surface area contributed by atoms with E-state index in [4.69, 9.17) is 15.9 Å². The Morgan fingerprint density at radius 3 is 2.16 bits per heavy atom. The molecule has 116 valence electrons. The maximum atomic E-state index is 9.70. The summed E-state index contributed by atoms with van der Waals surface area (Å²) in [5.74, 6) is -0.578. The Balaban J connectivity index is 3.50. The molecule has 0 bridgehead atoms. The molecule has 0 aliphatic heterocycles. The normalized spacial score (nSPS) is 14.8. The second-order valence-corrected chi connectivity index (χ2v) is 4.99. The molecular formula is C13H30N2O4. The maximum absolute atomic E-state index is 9.70. The van der Waals surface area contributed by atoms with Crippen LogP contribution in [0.4, 0.5) is 0 Å². The van der Waals surface area contributed by atoms with Crippen LogP contribution in [0.5, 0.6) is 0 Å². The SMILES string of the molecule is NCCCCCCNCC(O)CC(O)C(CO)CO. The van der Waals surface area contributed by atoms with Crippen molar-refractivity contribution in [3.05, 3.63) is 0 Å². The molecule has 0 aliphatic rings. The van der Waals surface area contributed by atoms with E-state index < -0.39 is 18.1 Å². The Hall–Kier alpha value is -0.240. The molecule has 2 unspecified atom stereocenters. The largest absolute Gasteiger partial charge is 0.396 e. The molecule has 0 saturated heterocycles. The van der Waals surface area contributed by atoms with Crippen LogP contribution in [-0.2, 0) is 0 Å². The lowest BCUT2D eigenvalue weighted by Crippen LogP contribution is -2.35. The lowest BCUT2D eigenvalue weighted by molar-refractivity contribution is 0.000444. The molecule has 19 heavy (non-hydrogen) atoms. The van der Waals surface area contributed by atoms with Crippen LogP contribution in [0, 0.1) is 5.92 Å². The van der Waals surface area contributed by atoms with Crippen LogP contribution in [0.2, 0.25) is 0 Å². The van der Waals surface area contributed by atoms with Crippen LogP contribution in [-0.4, -0.2) is 65.5 Å². The Morgan fingerprint density at radius 2 is 1.58 bits per heavy atom. The van der Waals surface area contributed by atoms with Crippen molar-refractivity contribution in [2.45, 2.75) is 44.3 Å². The molecule has 0 aliphatic carbocycles. The Kier molecular flexibility index (Phi) is 12.6. The van der Waals surface area contributed by atoms with E-state index in [-0.39, 0.29) is 19.6 Å². The Labute approximate surface area is 115 Å². The molecular weight excluding hydrogens is 248 g/mol. The third-order valence-electron chi connectivity index (χ3n) is 3.21. The van der Waals surface area contributed by atoms with Gasteiger partial charge in [0, 0.05) is 18.9 Å². The predicted octanol–water partition coefficient (Wildman–Crippen LogP) is -1.19. The minimum Gasteiger partial charge on any atom is -0.396 e. The van der Waals surface area contributed by atoms with Gasteiger partial charge in [0.15, 0.2) is 0 Å².